The molecule has 0 bridgehead atoms. The van der Waals surface area contributed by atoms with E-state index in [2.05, 4.69) is 35.5 Å². The average Bonchev–Trinajstić information content (AvgIpc) is 3.23. The van der Waals surface area contributed by atoms with Crippen molar-refractivity contribution in [3.63, 3.8) is 0 Å². The van der Waals surface area contributed by atoms with E-state index in [1.807, 2.05) is 29.6 Å². The van der Waals surface area contributed by atoms with Crippen LogP contribution in [0.1, 0.15) is 11.3 Å². The van der Waals surface area contributed by atoms with E-state index in [9.17, 15) is 4.39 Å². The summed E-state index contributed by atoms with van der Waals surface area (Å²) in [6.07, 6.45) is 1.80. The first kappa shape index (κ1) is 17.5. The minimum atomic E-state index is -0.235. The number of halogens is 1. The monoisotopic (exact) mass is 377 g/mol. The van der Waals surface area contributed by atoms with E-state index in [-0.39, 0.29) is 5.82 Å². The third-order valence-corrected chi connectivity index (χ3v) is 5.43. The molecule has 0 atom stereocenters. The molecule has 0 aliphatic heterocycles. The van der Waals surface area contributed by atoms with Crippen molar-refractivity contribution in [2.45, 2.75) is 13.5 Å². The molecular formula is C22H20FN3S. The van der Waals surface area contributed by atoms with Crippen molar-refractivity contribution in [2.75, 3.05) is 11.9 Å². The van der Waals surface area contributed by atoms with Gasteiger partial charge in [0.05, 0.1) is 5.69 Å². The molecule has 4 rings (SSSR count). The molecule has 3 nitrogen and oxygen atoms in total. The fourth-order valence-electron chi connectivity index (χ4n) is 3.38. The Morgan fingerprint density at radius 3 is 2.81 bits per heavy atom. The zero-order valence-electron chi connectivity index (χ0n) is 15.1. The van der Waals surface area contributed by atoms with E-state index in [1.54, 1.807) is 23.5 Å². The van der Waals surface area contributed by atoms with Crippen LogP contribution in [-0.2, 0) is 6.54 Å². The van der Waals surface area contributed by atoms with Gasteiger partial charge in [0, 0.05) is 40.6 Å². The normalized spacial score (nSPS) is 11.0. The highest BCUT2D eigenvalue weighted by Crippen LogP contribution is 2.36. The molecule has 0 saturated heterocycles. The topological polar surface area (TPSA) is 29.9 Å². The zero-order valence-corrected chi connectivity index (χ0v) is 15.9. The molecule has 27 heavy (non-hydrogen) atoms. The number of nitrogens with one attached hydrogen (secondary N) is 1. The van der Waals surface area contributed by atoms with Crippen LogP contribution in [0.2, 0.25) is 0 Å². The third-order valence-electron chi connectivity index (χ3n) is 4.63. The molecule has 0 radical (unpaired) electrons. The zero-order chi connectivity index (χ0) is 18.8. The minimum Gasteiger partial charge on any atom is -0.358 e. The van der Waals surface area contributed by atoms with Gasteiger partial charge in [-0.25, -0.2) is 9.37 Å². The summed E-state index contributed by atoms with van der Waals surface area (Å²) in [6, 6.07) is 15.3. The van der Waals surface area contributed by atoms with Crippen LogP contribution in [0.3, 0.4) is 0 Å². The van der Waals surface area contributed by atoms with Gasteiger partial charge in [-0.1, -0.05) is 36.4 Å². The number of nitrogens with zero attached hydrogens (tertiary/aromatic N) is 2. The molecule has 1 N–H and O–H groups in total. The molecule has 0 aliphatic rings. The van der Waals surface area contributed by atoms with E-state index in [0.717, 1.165) is 39.5 Å². The van der Waals surface area contributed by atoms with E-state index >= 15 is 0 Å². The van der Waals surface area contributed by atoms with Crippen molar-refractivity contribution in [3.05, 3.63) is 83.6 Å². The van der Waals surface area contributed by atoms with E-state index in [1.165, 1.54) is 11.6 Å². The van der Waals surface area contributed by atoms with E-state index in [0.29, 0.717) is 6.54 Å². The number of thiazole rings is 1. The standard InChI is InChI=1S/C22H20FN3S/c1-3-11-24-22-25-19(14-27-22)21-15(2)26(13-16-7-5-4-6-8-16)20-10-9-17(23)12-18(20)21/h3-10,12,14H,1,11,13H2,2H3,(H,24,25). The largest absolute Gasteiger partial charge is 0.358 e. The van der Waals surface area contributed by atoms with Gasteiger partial charge < -0.3 is 9.88 Å². The summed E-state index contributed by atoms with van der Waals surface area (Å²) in [4.78, 5) is 4.70. The van der Waals surface area contributed by atoms with Crippen molar-refractivity contribution in [1.82, 2.24) is 9.55 Å². The Hall–Kier alpha value is -2.92. The van der Waals surface area contributed by atoms with Crippen molar-refractivity contribution < 1.29 is 4.39 Å². The number of rotatable bonds is 6. The number of anilines is 1. The maximum atomic E-state index is 14.0. The summed E-state index contributed by atoms with van der Waals surface area (Å²) in [5, 5.41) is 6.97. The maximum Gasteiger partial charge on any atom is 0.183 e. The quantitative estimate of drug-likeness (QED) is 0.427. The number of fused-ring (bicyclic) bond motifs is 1. The summed E-state index contributed by atoms with van der Waals surface area (Å²) in [5.41, 5.74) is 5.16. The van der Waals surface area contributed by atoms with Gasteiger partial charge in [-0.05, 0) is 30.7 Å². The van der Waals surface area contributed by atoms with Crippen LogP contribution in [-0.4, -0.2) is 16.1 Å². The van der Waals surface area contributed by atoms with Gasteiger partial charge in [0.15, 0.2) is 5.13 Å². The predicted molar refractivity (Wildman–Crippen MR) is 112 cm³/mol. The van der Waals surface area contributed by atoms with Gasteiger partial charge in [0.2, 0.25) is 0 Å². The second-order valence-electron chi connectivity index (χ2n) is 6.40. The summed E-state index contributed by atoms with van der Waals surface area (Å²) in [5.74, 6) is -0.235. The predicted octanol–water partition coefficient (Wildman–Crippen LogP) is 5.86. The van der Waals surface area contributed by atoms with Crippen molar-refractivity contribution in [1.29, 1.82) is 0 Å². The van der Waals surface area contributed by atoms with Crippen LogP contribution >= 0.6 is 11.3 Å². The SMILES string of the molecule is C=CCNc1nc(-c2c(C)n(Cc3ccccc3)c3ccc(F)cc23)cs1. The lowest BCUT2D eigenvalue weighted by Gasteiger charge is -2.09. The maximum absolute atomic E-state index is 14.0. The molecular weight excluding hydrogens is 357 g/mol. The first-order valence-electron chi connectivity index (χ1n) is 8.80. The second kappa shape index (κ2) is 7.37. The first-order chi connectivity index (χ1) is 13.2. The molecule has 0 saturated carbocycles. The highest BCUT2D eigenvalue weighted by Gasteiger charge is 2.18. The molecule has 0 aliphatic carbocycles. The van der Waals surface area contributed by atoms with Crippen LogP contribution < -0.4 is 5.32 Å². The third kappa shape index (κ3) is 3.38. The van der Waals surface area contributed by atoms with Crippen LogP contribution in [0, 0.1) is 12.7 Å². The highest BCUT2D eigenvalue weighted by atomic mass is 32.1. The van der Waals surface area contributed by atoms with Crippen LogP contribution in [0.5, 0.6) is 0 Å². The van der Waals surface area contributed by atoms with Crippen molar-refractivity contribution in [3.8, 4) is 11.3 Å². The molecule has 5 heteroatoms. The van der Waals surface area contributed by atoms with Gasteiger partial charge in [0.25, 0.3) is 0 Å². The summed E-state index contributed by atoms with van der Waals surface area (Å²) in [7, 11) is 0. The van der Waals surface area contributed by atoms with Gasteiger partial charge in [-0.3, -0.25) is 0 Å². The number of benzene rings is 2. The molecule has 0 spiro atoms. The Morgan fingerprint density at radius 1 is 1.22 bits per heavy atom. The summed E-state index contributed by atoms with van der Waals surface area (Å²) in [6.45, 7) is 7.19. The van der Waals surface area contributed by atoms with Crippen LogP contribution in [0.15, 0.2) is 66.6 Å². The lowest BCUT2D eigenvalue weighted by Crippen LogP contribution is -2.01. The summed E-state index contributed by atoms with van der Waals surface area (Å²) < 4.78 is 16.3. The molecule has 4 aromatic rings. The fourth-order valence-corrected chi connectivity index (χ4v) is 4.09. The number of hydrogen-bond donors (Lipinski definition) is 1. The Kier molecular flexibility index (Phi) is 4.77. The fraction of sp³-hybridized carbons (Fsp3) is 0.136. The minimum absolute atomic E-state index is 0.235. The van der Waals surface area contributed by atoms with Crippen molar-refractivity contribution >= 4 is 27.4 Å². The molecule has 2 heterocycles. The Balaban J connectivity index is 1.85. The highest BCUT2D eigenvalue weighted by molar-refractivity contribution is 7.14. The average molecular weight is 377 g/mol. The van der Waals surface area contributed by atoms with Gasteiger partial charge in [-0.15, -0.1) is 17.9 Å². The number of aromatic nitrogens is 2. The van der Waals surface area contributed by atoms with Gasteiger partial charge in [-0.2, -0.15) is 0 Å². The Bertz CT molecular complexity index is 1100. The lowest BCUT2D eigenvalue weighted by molar-refractivity contribution is 0.629. The smallest absolute Gasteiger partial charge is 0.183 e. The Morgan fingerprint density at radius 2 is 2.04 bits per heavy atom. The lowest BCUT2D eigenvalue weighted by atomic mass is 10.1. The van der Waals surface area contributed by atoms with E-state index < -0.39 is 0 Å². The Labute approximate surface area is 161 Å². The molecule has 2 aromatic carbocycles. The van der Waals surface area contributed by atoms with Gasteiger partial charge >= 0.3 is 0 Å². The van der Waals surface area contributed by atoms with Crippen LogP contribution in [0.4, 0.5) is 9.52 Å². The van der Waals surface area contributed by atoms with Crippen molar-refractivity contribution in [2.24, 2.45) is 0 Å². The molecule has 0 fully saturated rings. The molecule has 0 unspecified atom stereocenters. The molecule has 136 valence electrons. The van der Waals surface area contributed by atoms with Gasteiger partial charge in [0.1, 0.15) is 5.82 Å². The summed E-state index contributed by atoms with van der Waals surface area (Å²) >= 11 is 1.55. The molecule has 0 amide bonds. The molecule has 2 aromatic heterocycles. The van der Waals surface area contributed by atoms with E-state index in [4.69, 9.17) is 4.98 Å². The number of hydrogen-bond acceptors (Lipinski definition) is 3. The van der Waals surface area contributed by atoms with Crippen LogP contribution in [0.25, 0.3) is 22.2 Å². The first-order valence-corrected chi connectivity index (χ1v) is 9.68. The second-order valence-corrected chi connectivity index (χ2v) is 7.26.